The second-order valence-corrected chi connectivity index (χ2v) is 6.13. The van der Waals surface area contributed by atoms with Crippen molar-refractivity contribution in [2.45, 2.75) is 51.7 Å². The summed E-state index contributed by atoms with van der Waals surface area (Å²) in [6, 6.07) is 9.80. The van der Waals surface area contributed by atoms with Gasteiger partial charge in [-0.2, -0.15) is 0 Å². The Hall–Kier alpha value is -1.84. The highest BCUT2D eigenvalue weighted by atomic mass is 16.6. The van der Waals surface area contributed by atoms with E-state index in [0.717, 1.165) is 5.56 Å². The van der Waals surface area contributed by atoms with Crippen molar-refractivity contribution >= 4 is 12.0 Å². The summed E-state index contributed by atoms with van der Waals surface area (Å²) in [5.41, 5.74) is 0.540. The van der Waals surface area contributed by atoms with Crippen LogP contribution in [0.25, 0.3) is 0 Å². The van der Waals surface area contributed by atoms with Crippen molar-refractivity contribution in [3.8, 4) is 0 Å². The van der Waals surface area contributed by atoms with Gasteiger partial charge in [0, 0.05) is 12.5 Å². The van der Waals surface area contributed by atoms with E-state index in [1.165, 1.54) is 4.90 Å². The minimum absolute atomic E-state index is 0.0975. The van der Waals surface area contributed by atoms with E-state index in [1.807, 2.05) is 30.3 Å². The molecular formula is C16H21NO3. The molecule has 2 rings (SSSR count). The van der Waals surface area contributed by atoms with Gasteiger partial charge in [0.05, 0.1) is 0 Å². The molecule has 2 amide bonds. The fourth-order valence-corrected chi connectivity index (χ4v) is 2.38. The Kier molecular flexibility index (Phi) is 4.12. The van der Waals surface area contributed by atoms with Gasteiger partial charge >= 0.3 is 6.09 Å². The largest absolute Gasteiger partial charge is 0.443 e. The third-order valence-electron chi connectivity index (χ3n) is 3.23. The lowest BCUT2D eigenvalue weighted by Crippen LogP contribution is -2.43. The Balaban J connectivity index is 2.09. The number of ether oxygens (including phenoxy) is 1. The molecule has 0 radical (unpaired) electrons. The van der Waals surface area contributed by atoms with Crippen LogP contribution < -0.4 is 0 Å². The molecule has 0 saturated carbocycles. The standard InChI is InChI=1S/C16H21NO3/c1-16(2,3)20-15(19)17-13(9-10-14(17)18)11-12-7-5-4-6-8-12/h4-8,13H,9-11H2,1-3H3/t13-/m0/s1. The fraction of sp³-hybridized carbons (Fsp3) is 0.500. The van der Waals surface area contributed by atoms with Crippen molar-refractivity contribution in [1.82, 2.24) is 4.90 Å². The van der Waals surface area contributed by atoms with Gasteiger partial charge in [-0.25, -0.2) is 9.69 Å². The molecule has 4 heteroatoms. The van der Waals surface area contributed by atoms with Crippen LogP contribution in [0.4, 0.5) is 4.79 Å². The average Bonchev–Trinajstić information content (AvgIpc) is 2.69. The number of nitrogens with zero attached hydrogens (tertiary/aromatic N) is 1. The zero-order valence-electron chi connectivity index (χ0n) is 12.3. The third-order valence-corrected chi connectivity index (χ3v) is 3.23. The number of rotatable bonds is 2. The van der Waals surface area contributed by atoms with Crippen molar-refractivity contribution in [1.29, 1.82) is 0 Å². The maximum Gasteiger partial charge on any atom is 0.417 e. The number of carbonyl (C=O) groups is 2. The van der Waals surface area contributed by atoms with Gasteiger partial charge in [-0.1, -0.05) is 30.3 Å². The number of amides is 2. The van der Waals surface area contributed by atoms with E-state index in [2.05, 4.69) is 0 Å². The third kappa shape index (κ3) is 3.59. The van der Waals surface area contributed by atoms with Crippen LogP contribution in [0.2, 0.25) is 0 Å². The lowest BCUT2D eigenvalue weighted by molar-refractivity contribution is -0.128. The van der Waals surface area contributed by atoms with Gasteiger partial charge in [0.1, 0.15) is 5.60 Å². The Morgan fingerprint density at radius 3 is 2.55 bits per heavy atom. The second-order valence-electron chi connectivity index (χ2n) is 6.13. The molecular weight excluding hydrogens is 254 g/mol. The van der Waals surface area contributed by atoms with Crippen LogP contribution in [0, 0.1) is 0 Å². The van der Waals surface area contributed by atoms with E-state index in [9.17, 15) is 9.59 Å². The summed E-state index contributed by atoms with van der Waals surface area (Å²) in [5, 5.41) is 0. The quantitative estimate of drug-likeness (QED) is 0.833. The van der Waals surface area contributed by atoms with E-state index >= 15 is 0 Å². The van der Waals surface area contributed by atoms with E-state index in [0.29, 0.717) is 19.3 Å². The maximum atomic E-state index is 12.2. The maximum absolute atomic E-state index is 12.2. The lowest BCUT2D eigenvalue weighted by Gasteiger charge is -2.27. The molecule has 0 spiro atoms. The van der Waals surface area contributed by atoms with Gasteiger partial charge in [0.25, 0.3) is 0 Å². The van der Waals surface area contributed by atoms with Crippen LogP contribution in [0.15, 0.2) is 30.3 Å². The van der Waals surface area contributed by atoms with Gasteiger partial charge in [-0.3, -0.25) is 4.79 Å². The second kappa shape index (κ2) is 5.65. The van der Waals surface area contributed by atoms with Crippen molar-refractivity contribution in [2.75, 3.05) is 0 Å². The Morgan fingerprint density at radius 2 is 1.95 bits per heavy atom. The highest BCUT2D eigenvalue weighted by molar-refractivity contribution is 5.94. The minimum Gasteiger partial charge on any atom is -0.443 e. The molecule has 1 aliphatic heterocycles. The molecule has 1 saturated heterocycles. The van der Waals surface area contributed by atoms with Crippen molar-refractivity contribution < 1.29 is 14.3 Å². The molecule has 1 aromatic rings. The minimum atomic E-state index is -0.586. The normalized spacial score (nSPS) is 19.2. The highest BCUT2D eigenvalue weighted by Gasteiger charge is 2.38. The molecule has 1 atom stereocenters. The molecule has 0 aromatic heterocycles. The van der Waals surface area contributed by atoms with E-state index in [4.69, 9.17) is 4.74 Å². The number of hydrogen-bond donors (Lipinski definition) is 0. The molecule has 0 N–H and O–H groups in total. The smallest absolute Gasteiger partial charge is 0.417 e. The molecule has 1 fully saturated rings. The van der Waals surface area contributed by atoms with Crippen LogP contribution >= 0.6 is 0 Å². The molecule has 0 aliphatic carbocycles. The van der Waals surface area contributed by atoms with Crippen LogP contribution in [-0.4, -0.2) is 28.5 Å². The van der Waals surface area contributed by atoms with Crippen molar-refractivity contribution in [2.24, 2.45) is 0 Å². The van der Waals surface area contributed by atoms with Gasteiger partial charge in [-0.05, 0) is 39.2 Å². The number of likely N-dealkylation sites (tertiary alicyclic amines) is 1. The fourth-order valence-electron chi connectivity index (χ4n) is 2.38. The van der Waals surface area contributed by atoms with Crippen LogP contribution in [0.5, 0.6) is 0 Å². The molecule has 20 heavy (non-hydrogen) atoms. The summed E-state index contributed by atoms with van der Waals surface area (Å²) in [7, 11) is 0. The lowest BCUT2D eigenvalue weighted by atomic mass is 10.0. The van der Waals surface area contributed by atoms with E-state index in [-0.39, 0.29) is 11.9 Å². The van der Waals surface area contributed by atoms with Crippen LogP contribution in [0.1, 0.15) is 39.2 Å². The molecule has 4 nitrogen and oxygen atoms in total. The van der Waals surface area contributed by atoms with Gasteiger partial charge in [0.15, 0.2) is 0 Å². The average molecular weight is 275 g/mol. The van der Waals surface area contributed by atoms with E-state index < -0.39 is 11.7 Å². The predicted octanol–water partition coefficient (Wildman–Crippen LogP) is 3.16. The Bertz CT molecular complexity index is 490. The summed E-state index contributed by atoms with van der Waals surface area (Å²) in [5.74, 6) is -0.139. The summed E-state index contributed by atoms with van der Waals surface area (Å²) in [6.07, 6.45) is 1.27. The van der Waals surface area contributed by atoms with Crippen LogP contribution in [0.3, 0.4) is 0 Å². The first kappa shape index (κ1) is 14.6. The number of hydrogen-bond acceptors (Lipinski definition) is 3. The van der Waals surface area contributed by atoms with E-state index in [1.54, 1.807) is 20.8 Å². The Labute approximate surface area is 119 Å². The summed E-state index contributed by atoms with van der Waals surface area (Å²) >= 11 is 0. The first-order valence-electron chi connectivity index (χ1n) is 6.96. The van der Waals surface area contributed by atoms with Crippen LogP contribution in [-0.2, 0) is 16.0 Å². The zero-order valence-corrected chi connectivity index (χ0v) is 12.3. The summed E-state index contributed by atoms with van der Waals surface area (Å²) < 4.78 is 5.33. The first-order chi connectivity index (χ1) is 9.37. The van der Waals surface area contributed by atoms with Gasteiger partial charge < -0.3 is 4.74 Å². The molecule has 1 heterocycles. The SMILES string of the molecule is CC(C)(C)OC(=O)N1C(=O)CC[C@H]1Cc1ccccc1. The molecule has 1 aliphatic rings. The Morgan fingerprint density at radius 1 is 1.30 bits per heavy atom. The number of imide groups is 1. The molecule has 108 valence electrons. The first-order valence-corrected chi connectivity index (χ1v) is 6.96. The molecule has 1 aromatic carbocycles. The topological polar surface area (TPSA) is 46.6 Å². The zero-order chi connectivity index (χ0) is 14.8. The monoisotopic (exact) mass is 275 g/mol. The highest BCUT2D eigenvalue weighted by Crippen LogP contribution is 2.24. The molecule has 0 bridgehead atoms. The van der Waals surface area contributed by atoms with Crippen molar-refractivity contribution in [3.63, 3.8) is 0 Å². The predicted molar refractivity (Wildman–Crippen MR) is 76.2 cm³/mol. The van der Waals surface area contributed by atoms with Gasteiger partial charge in [-0.15, -0.1) is 0 Å². The molecule has 0 unspecified atom stereocenters. The van der Waals surface area contributed by atoms with Gasteiger partial charge in [0.2, 0.25) is 5.91 Å². The number of carbonyl (C=O) groups excluding carboxylic acids is 2. The summed E-state index contributed by atoms with van der Waals surface area (Å²) in [6.45, 7) is 5.41. The summed E-state index contributed by atoms with van der Waals surface area (Å²) in [4.78, 5) is 25.4. The van der Waals surface area contributed by atoms with Crippen molar-refractivity contribution in [3.05, 3.63) is 35.9 Å². The number of benzene rings is 1.